The molecule has 4 rings (SSSR count). The predicted molar refractivity (Wildman–Crippen MR) is 138 cm³/mol. The molecule has 0 aliphatic carbocycles. The van der Waals surface area contributed by atoms with Crippen molar-refractivity contribution in [2.24, 2.45) is 0 Å². The van der Waals surface area contributed by atoms with Crippen LogP contribution >= 0.6 is 15.9 Å². The van der Waals surface area contributed by atoms with Gasteiger partial charge in [0, 0.05) is 17.1 Å². The summed E-state index contributed by atoms with van der Waals surface area (Å²) in [5.74, 6) is 0.400. The highest BCUT2D eigenvalue weighted by atomic mass is 79.9. The molecule has 7 nitrogen and oxygen atoms in total. The quantitative estimate of drug-likeness (QED) is 0.458. The first-order valence-electron chi connectivity index (χ1n) is 11.0. The van der Waals surface area contributed by atoms with Crippen molar-refractivity contribution < 1.29 is 23.8 Å². The van der Waals surface area contributed by atoms with Gasteiger partial charge in [0.2, 0.25) is 5.91 Å². The molecule has 0 spiro atoms. The molecule has 2 amide bonds. The minimum atomic E-state index is -0.714. The highest BCUT2D eigenvalue weighted by Crippen LogP contribution is 2.46. The fourth-order valence-electron chi connectivity index (χ4n) is 4.48. The van der Waals surface area contributed by atoms with Gasteiger partial charge in [0.1, 0.15) is 5.75 Å². The smallest absolute Gasteiger partial charge is 0.254 e. The Balaban J connectivity index is 1.87. The van der Waals surface area contributed by atoms with E-state index in [2.05, 4.69) is 21.2 Å². The van der Waals surface area contributed by atoms with Gasteiger partial charge in [-0.05, 0) is 75.9 Å². The van der Waals surface area contributed by atoms with E-state index in [-0.39, 0.29) is 11.8 Å². The Hall–Kier alpha value is -3.52. The first-order valence-corrected chi connectivity index (χ1v) is 11.8. The first kappa shape index (κ1) is 24.6. The molecule has 1 aliphatic heterocycles. The maximum atomic E-state index is 13.9. The SMILES string of the molecule is COc1ccc([C@H]2[C@@H](C(=O)Nc3ccc(C)cc3Br)c3cc(OC)c(OC)cc3C(=O)N2C)cc1. The van der Waals surface area contributed by atoms with Gasteiger partial charge in [-0.2, -0.15) is 0 Å². The number of carbonyl (C=O) groups is 2. The number of anilines is 1. The number of fused-ring (bicyclic) bond motifs is 1. The molecule has 0 radical (unpaired) electrons. The lowest BCUT2D eigenvalue weighted by atomic mass is 9.79. The highest BCUT2D eigenvalue weighted by molar-refractivity contribution is 9.10. The second-order valence-corrected chi connectivity index (χ2v) is 9.23. The number of nitrogens with one attached hydrogen (secondary N) is 1. The summed E-state index contributed by atoms with van der Waals surface area (Å²) < 4.78 is 17.0. The monoisotopic (exact) mass is 538 g/mol. The summed E-state index contributed by atoms with van der Waals surface area (Å²) in [5, 5.41) is 3.05. The molecule has 0 aromatic heterocycles. The molecule has 182 valence electrons. The summed E-state index contributed by atoms with van der Waals surface area (Å²) >= 11 is 3.54. The van der Waals surface area contributed by atoms with Crippen molar-refractivity contribution in [3.05, 3.63) is 81.3 Å². The van der Waals surface area contributed by atoms with E-state index in [9.17, 15) is 9.59 Å². The minimum Gasteiger partial charge on any atom is -0.497 e. The number of hydrogen-bond donors (Lipinski definition) is 1. The van der Waals surface area contributed by atoms with Crippen LogP contribution in [0.25, 0.3) is 0 Å². The number of nitrogens with zero attached hydrogens (tertiary/aromatic N) is 1. The van der Waals surface area contributed by atoms with Crippen LogP contribution in [0.5, 0.6) is 17.2 Å². The van der Waals surface area contributed by atoms with E-state index in [1.807, 2.05) is 49.4 Å². The van der Waals surface area contributed by atoms with Crippen molar-refractivity contribution in [3.8, 4) is 17.2 Å². The molecule has 0 saturated carbocycles. The molecule has 0 unspecified atom stereocenters. The number of halogens is 1. The summed E-state index contributed by atoms with van der Waals surface area (Å²) in [5.41, 5.74) is 3.50. The Morgan fingerprint density at radius 2 is 1.60 bits per heavy atom. The van der Waals surface area contributed by atoms with Gasteiger partial charge in [-0.1, -0.05) is 18.2 Å². The zero-order chi connectivity index (χ0) is 25.3. The third-order valence-corrected chi connectivity index (χ3v) is 6.95. The molecule has 3 aromatic rings. The van der Waals surface area contributed by atoms with Crippen LogP contribution in [-0.2, 0) is 4.79 Å². The zero-order valence-corrected chi connectivity index (χ0v) is 21.8. The van der Waals surface area contributed by atoms with Gasteiger partial charge in [0.25, 0.3) is 5.91 Å². The fourth-order valence-corrected chi connectivity index (χ4v) is 5.07. The molecular weight excluding hydrogens is 512 g/mol. The Labute approximate surface area is 213 Å². The van der Waals surface area contributed by atoms with Crippen molar-refractivity contribution in [3.63, 3.8) is 0 Å². The summed E-state index contributed by atoms with van der Waals surface area (Å²) in [6, 6.07) is 15.9. The van der Waals surface area contributed by atoms with E-state index >= 15 is 0 Å². The molecule has 0 bridgehead atoms. The van der Waals surface area contributed by atoms with Crippen molar-refractivity contribution >= 4 is 33.4 Å². The molecule has 0 saturated heterocycles. The molecule has 3 aromatic carbocycles. The van der Waals surface area contributed by atoms with E-state index in [0.29, 0.717) is 34.1 Å². The van der Waals surface area contributed by atoms with Crippen LogP contribution in [0.2, 0.25) is 0 Å². The molecule has 1 N–H and O–H groups in total. The van der Waals surface area contributed by atoms with Crippen molar-refractivity contribution in [1.29, 1.82) is 0 Å². The largest absolute Gasteiger partial charge is 0.497 e. The second-order valence-electron chi connectivity index (χ2n) is 8.38. The minimum absolute atomic E-state index is 0.206. The number of likely N-dealkylation sites (N-methyl/N-ethyl adjacent to an activating group) is 1. The molecule has 1 heterocycles. The number of benzene rings is 3. The third kappa shape index (κ3) is 4.58. The molecule has 0 fully saturated rings. The van der Waals surface area contributed by atoms with Gasteiger partial charge in [-0.3, -0.25) is 9.59 Å². The molecule has 8 heteroatoms. The number of carbonyl (C=O) groups excluding carboxylic acids is 2. The highest BCUT2D eigenvalue weighted by Gasteiger charge is 2.43. The Bertz CT molecular complexity index is 1280. The lowest BCUT2D eigenvalue weighted by Gasteiger charge is -2.40. The maximum Gasteiger partial charge on any atom is 0.254 e. The van der Waals surface area contributed by atoms with E-state index in [4.69, 9.17) is 14.2 Å². The number of amides is 2. The summed E-state index contributed by atoms with van der Waals surface area (Å²) in [7, 11) is 6.34. The average Bonchev–Trinajstić information content (AvgIpc) is 2.86. The van der Waals surface area contributed by atoms with Gasteiger partial charge in [0.05, 0.1) is 39.0 Å². The number of ether oxygens (including phenoxy) is 3. The van der Waals surface area contributed by atoms with Gasteiger partial charge in [-0.15, -0.1) is 0 Å². The van der Waals surface area contributed by atoms with Crippen LogP contribution in [0, 0.1) is 6.92 Å². The zero-order valence-electron chi connectivity index (χ0n) is 20.2. The van der Waals surface area contributed by atoms with E-state index in [1.54, 1.807) is 31.2 Å². The number of rotatable bonds is 6. The van der Waals surface area contributed by atoms with E-state index < -0.39 is 12.0 Å². The number of methoxy groups -OCH3 is 3. The van der Waals surface area contributed by atoms with Crippen molar-refractivity contribution in [2.75, 3.05) is 33.7 Å². The predicted octanol–water partition coefficient (Wildman–Crippen LogP) is 5.33. The van der Waals surface area contributed by atoms with Crippen molar-refractivity contribution in [2.45, 2.75) is 18.9 Å². The van der Waals surface area contributed by atoms with Gasteiger partial charge in [0.15, 0.2) is 11.5 Å². The van der Waals surface area contributed by atoms with Crippen molar-refractivity contribution in [1.82, 2.24) is 4.90 Å². The topological polar surface area (TPSA) is 77.1 Å². The molecular formula is C27H27BrN2O5. The molecule has 1 aliphatic rings. The van der Waals surface area contributed by atoms with Gasteiger partial charge in [-0.25, -0.2) is 0 Å². The fraction of sp³-hybridized carbons (Fsp3) is 0.259. The van der Waals surface area contributed by atoms with Crippen LogP contribution in [0.3, 0.4) is 0 Å². The maximum absolute atomic E-state index is 13.9. The van der Waals surface area contributed by atoms with Crippen LogP contribution in [0.4, 0.5) is 5.69 Å². The van der Waals surface area contributed by atoms with Gasteiger partial charge < -0.3 is 24.4 Å². The van der Waals surface area contributed by atoms with Gasteiger partial charge >= 0.3 is 0 Å². The number of aryl methyl sites for hydroxylation is 1. The summed E-state index contributed by atoms with van der Waals surface area (Å²) in [6.07, 6.45) is 0. The Kier molecular flexibility index (Phi) is 7.03. The third-order valence-electron chi connectivity index (χ3n) is 6.30. The Morgan fingerprint density at radius 1 is 0.943 bits per heavy atom. The lowest BCUT2D eigenvalue weighted by Crippen LogP contribution is -2.44. The second kappa shape index (κ2) is 10.00. The number of hydrogen-bond acceptors (Lipinski definition) is 5. The summed E-state index contributed by atoms with van der Waals surface area (Å²) in [4.78, 5) is 29.0. The summed E-state index contributed by atoms with van der Waals surface area (Å²) in [6.45, 7) is 1.98. The first-order chi connectivity index (χ1) is 16.8. The van der Waals surface area contributed by atoms with Crippen LogP contribution in [0.15, 0.2) is 59.1 Å². The van der Waals surface area contributed by atoms with Crippen LogP contribution in [-0.4, -0.2) is 45.1 Å². The van der Waals surface area contributed by atoms with Crippen LogP contribution in [0.1, 0.15) is 39.0 Å². The van der Waals surface area contributed by atoms with E-state index in [0.717, 1.165) is 15.6 Å². The standard InChI is InChI=1S/C27H27BrN2O5/c1-15-6-11-21(20(28)12-15)29-26(31)24-18-13-22(34-4)23(35-5)14-19(18)27(32)30(2)25(24)16-7-9-17(33-3)10-8-16/h6-14,24-25H,1-5H3,(H,29,31)/t24-,25-/m0/s1. The average molecular weight is 539 g/mol. The van der Waals surface area contributed by atoms with E-state index in [1.165, 1.54) is 14.2 Å². The molecule has 35 heavy (non-hydrogen) atoms. The molecule has 2 atom stereocenters. The lowest BCUT2D eigenvalue weighted by molar-refractivity contribution is -0.119. The normalized spacial score (nSPS) is 17.0. The Morgan fingerprint density at radius 3 is 2.20 bits per heavy atom. The van der Waals surface area contributed by atoms with Crippen LogP contribution < -0.4 is 19.5 Å².